The number of nitrogens with zero attached hydrogens (tertiary/aromatic N) is 1. The number of hydrogen-bond donors (Lipinski definition) is 0. The third-order valence-electron chi connectivity index (χ3n) is 4.85. The summed E-state index contributed by atoms with van der Waals surface area (Å²) in [5.74, 6) is -0.256. The second-order valence-electron chi connectivity index (χ2n) is 7.56. The van der Waals surface area contributed by atoms with Gasteiger partial charge in [0.25, 0.3) is 0 Å². The van der Waals surface area contributed by atoms with Gasteiger partial charge in [0, 0.05) is 16.9 Å². The molecule has 0 aliphatic rings. The summed E-state index contributed by atoms with van der Waals surface area (Å²) in [7, 11) is 0. The summed E-state index contributed by atoms with van der Waals surface area (Å²) < 4.78 is 8.63. The van der Waals surface area contributed by atoms with Crippen molar-refractivity contribution in [3.05, 3.63) is 93.7 Å². The van der Waals surface area contributed by atoms with Gasteiger partial charge in [-0.3, -0.25) is 4.79 Å². The highest BCUT2D eigenvalue weighted by Crippen LogP contribution is 2.26. The van der Waals surface area contributed by atoms with E-state index in [1.807, 2.05) is 60.3 Å². The molecule has 0 fully saturated rings. The maximum absolute atomic E-state index is 12.7. The van der Waals surface area contributed by atoms with Crippen molar-refractivity contribution in [2.24, 2.45) is 5.92 Å². The molecule has 0 spiro atoms. The van der Waals surface area contributed by atoms with E-state index in [-0.39, 0.29) is 24.5 Å². The zero-order valence-electron chi connectivity index (χ0n) is 16.6. The Hall–Kier alpha value is -2.33. The maximum Gasteiger partial charge on any atom is 0.315 e. The molecule has 1 aromatic heterocycles. The molecule has 0 saturated heterocycles. The average molecular weight is 440 g/mol. The van der Waals surface area contributed by atoms with Crippen molar-refractivity contribution in [3.8, 4) is 0 Å². The van der Waals surface area contributed by atoms with Crippen LogP contribution in [-0.2, 0) is 22.7 Å². The number of aryl methyl sites for hydroxylation is 1. The van der Waals surface area contributed by atoms with Gasteiger partial charge in [-0.1, -0.05) is 71.7 Å². The molecule has 146 valence electrons. The van der Waals surface area contributed by atoms with E-state index < -0.39 is 0 Å². The molecule has 0 aliphatic carbocycles. The zero-order valence-corrected chi connectivity index (χ0v) is 18.1. The molecule has 2 aromatic carbocycles. The number of ether oxygens (including phenoxy) is 1. The number of carbonyl (C=O) groups excluding carboxylic acids is 1. The van der Waals surface area contributed by atoms with E-state index in [1.165, 1.54) is 16.7 Å². The molecule has 0 N–H and O–H groups in total. The summed E-state index contributed by atoms with van der Waals surface area (Å²) in [5, 5.41) is 0. The Morgan fingerprint density at radius 3 is 2.32 bits per heavy atom. The van der Waals surface area contributed by atoms with Crippen LogP contribution < -0.4 is 0 Å². The fourth-order valence-corrected chi connectivity index (χ4v) is 3.57. The van der Waals surface area contributed by atoms with Crippen LogP contribution >= 0.6 is 15.9 Å². The van der Waals surface area contributed by atoms with Crippen LogP contribution in [0.1, 0.15) is 42.0 Å². The average Bonchev–Trinajstić information content (AvgIpc) is 3.11. The SMILES string of the molecule is Cc1ccc(C(C(=O)OCn2ccc(Cc3ccc(Br)cc3)c2)C(C)C)cc1. The van der Waals surface area contributed by atoms with Crippen LogP contribution in [0.5, 0.6) is 0 Å². The second-order valence-corrected chi connectivity index (χ2v) is 8.48. The molecule has 3 rings (SSSR count). The fraction of sp³-hybridized carbons (Fsp3) is 0.292. The molecule has 0 aliphatic heterocycles. The van der Waals surface area contributed by atoms with Gasteiger partial charge in [-0.15, -0.1) is 0 Å². The number of benzene rings is 2. The van der Waals surface area contributed by atoms with Gasteiger partial charge in [-0.25, -0.2) is 0 Å². The van der Waals surface area contributed by atoms with Crippen LogP contribution in [0, 0.1) is 12.8 Å². The van der Waals surface area contributed by atoms with Crippen LogP contribution in [0.3, 0.4) is 0 Å². The lowest BCUT2D eigenvalue weighted by molar-refractivity contribution is -0.150. The maximum atomic E-state index is 12.7. The van der Waals surface area contributed by atoms with Crippen molar-refractivity contribution < 1.29 is 9.53 Å². The smallest absolute Gasteiger partial charge is 0.315 e. The monoisotopic (exact) mass is 439 g/mol. The minimum atomic E-state index is -0.251. The molecular formula is C24H26BrNO2. The second kappa shape index (κ2) is 9.24. The van der Waals surface area contributed by atoms with E-state index in [2.05, 4.69) is 48.0 Å². The van der Waals surface area contributed by atoms with E-state index in [0.29, 0.717) is 0 Å². The molecule has 3 aromatic rings. The molecule has 28 heavy (non-hydrogen) atoms. The summed E-state index contributed by atoms with van der Waals surface area (Å²) in [4.78, 5) is 12.7. The predicted molar refractivity (Wildman–Crippen MR) is 116 cm³/mol. The molecule has 1 heterocycles. The van der Waals surface area contributed by atoms with Crippen molar-refractivity contribution >= 4 is 21.9 Å². The topological polar surface area (TPSA) is 31.2 Å². The first-order valence-electron chi connectivity index (χ1n) is 9.54. The van der Waals surface area contributed by atoms with Gasteiger partial charge in [0.2, 0.25) is 0 Å². The Morgan fingerprint density at radius 2 is 1.68 bits per heavy atom. The van der Waals surface area contributed by atoms with Crippen LogP contribution in [0.15, 0.2) is 71.5 Å². The van der Waals surface area contributed by atoms with Crippen LogP contribution in [-0.4, -0.2) is 10.5 Å². The lowest BCUT2D eigenvalue weighted by Gasteiger charge is -2.20. The van der Waals surface area contributed by atoms with Gasteiger partial charge in [-0.05, 0) is 54.2 Å². The highest BCUT2D eigenvalue weighted by atomic mass is 79.9. The Balaban J connectivity index is 1.61. The van der Waals surface area contributed by atoms with Crippen LogP contribution in [0.4, 0.5) is 0 Å². The van der Waals surface area contributed by atoms with E-state index in [9.17, 15) is 4.79 Å². The summed E-state index contributed by atoms with van der Waals surface area (Å²) in [6, 6.07) is 18.5. The molecule has 1 atom stereocenters. The number of esters is 1. The normalized spacial score (nSPS) is 12.2. The lowest BCUT2D eigenvalue weighted by atomic mass is 9.88. The molecule has 0 bridgehead atoms. The van der Waals surface area contributed by atoms with Crippen LogP contribution in [0.25, 0.3) is 0 Å². The Bertz CT molecular complexity index is 911. The quantitative estimate of drug-likeness (QED) is 0.417. The molecule has 4 heteroatoms. The number of aromatic nitrogens is 1. The summed E-state index contributed by atoms with van der Waals surface area (Å²) in [5.41, 5.74) is 4.63. The van der Waals surface area contributed by atoms with E-state index in [0.717, 1.165) is 16.5 Å². The molecule has 0 amide bonds. The van der Waals surface area contributed by atoms with Crippen molar-refractivity contribution in [3.63, 3.8) is 0 Å². The molecule has 0 saturated carbocycles. The molecular weight excluding hydrogens is 414 g/mol. The number of rotatable bonds is 7. The van der Waals surface area contributed by atoms with Crippen molar-refractivity contribution in [1.82, 2.24) is 4.57 Å². The highest BCUT2D eigenvalue weighted by Gasteiger charge is 2.25. The van der Waals surface area contributed by atoms with Crippen molar-refractivity contribution in [1.29, 1.82) is 0 Å². The van der Waals surface area contributed by atoms with Gasteiger partial charge >= 0.3 is 5.97 Å². The Kier molecular flexibility index (Phi) is 6.74. The van der Waals surface area contributed by atoms with Crippen molar-refractivity contribution in [2.75, 3.05) is 0 Å². The highest BCUT2D eigenvalue weighted by molar-refractivity contribution is 9.10. The first kappa shape index (κ1) is 20.4. The first-order valence-corrected chi connectivity index (χ1v) is 10.3. The van der Waals surface area contributed by atoms with E-state index in [4.69, 9.17) is 4.74 Å². The van der Waals surface area contributed by atoms with Gasteiger partial charge in [0.1, 0.15) is 0 Å². The van der Waals surface area contributed by atoms with E-state index in [1.54, 1.807) is 0 Å². The van der Waals surface area contributed by atoms with Gasteiger partial charge in [0.05, 0.1) is 5.92 Å². The predicted octanol–water partition coefficient (Wildman–Crippen LogP) is 6.09. The Labute approximate surface area is 175 Å². The minimum absolute atomic E-state index is 0.174. The molecule has 1 unspecified atom stereocenters. The lowest BCUT2D eigenvalue weighted by Crippen LogP contribution is -2.21. The molecule has 3 nitrogen and oxygen atoms in total. The van der Waals surface area contributed by atoms with Gasteiger partial charge < -0.3 is 9.30 Å². The number of carbonyl (C=O) groups is 1. The molecule has 0 radical (unpaired) electrons. The van der Waals surface area contributed by atoms with Gasteiger partial charge in [-0.2, -0.15) is 0 Å². The Morgan fingerprint density at radius 1 is 1.00 bits per heavy atom. The zero-order chi connectivity index (χ0) is 20.1. The summed E-state index contributed by atoms with van der Waals surface area (Å²) in [6.45, 7) is 6.38. The number of halogens is 1. The van der Waals surface area contributed by atoms with Crippen molar-refractivity contribution in [2.45, 2.75) is 39.8 Å². The third kappa shape index (κ3) is 5.35. The van der Waals surface area contributed by atoms with E-state index >= 15 is 0 Å². The summed E-state index contributed by atoms with van der Waals surface area (Å²) in [6.07, 6.45) is 4.84. The first-order chi connectivity index (χ1) is 13.4. The van der Waals surface area contributed by atoms with Crippen LogP contribution in [0.2, 0.25) is 0 Å². The minimum Gasteiger partial charge on any atom is -0.443 e. The standard InChI is InChI=1S/C24H26BrNO2/c1-17(2)23(21-8-4-18(3)5-9-21)24(27)28-16-26-13-12-20(15-26)14-19-6-10-22(25)11-7-19/h4-13,15,17,23H,14,16H2,1-3H3. The summed E-state index contributed by atoms with van der Waals surface area (Å²) >= 11 is 3.46. The fourth-order valence-electron chi connectivity index (χ4n) is 3.31. The number of hydrogen-bond acceptors (Lipinski definition) is 2. The largest absolute Gasteiger partial charge is 0.443 e. The third-order valence-corrected chi connectivity index (χ3v) is 5.37. The van der Waals surface area contributed by atoms with Gasteiger partial charge in [0.15, 0.2) is 6.73 Å².